The van der Waals surface area contributed by atoms with E-state index >= 15 is 0 Å². The van der Waals surface area contributed by atoms with Crippen LogP contribution >= 0.6 is 27.3 Å². The first kappa shape index (κ1) is 12.7. The normalized spacial score (nSPS) is 11.8. The second kappa shape index (κ2) is 4.52. The fourth-order valence-corrected chi connectivity index (χ4v) is 2.76. The minimum Gasteiger partial charge on any atom is -0.320 e. The van der Waals surface area contributed by atoms with E-state index in [-0.39, 0.29) is 5.54 Å². The number of benzene rings is 1. The Hall–Kier alpha value is -0.710. The van der Waals surface area contributed by atoms with E-state index in [2.05, 4.69) is 40.0 Å². The van der Waals surface area contributed by atoms with Crippen LogP contribution in [0.1, 0.15) is 23.7 Å². The van der Waals surface area contributed by atoms with Crippen LogP contribution in [0.25, 0.3) is 11.3 Å². The summed E-state index contributed by atoms with van der Waals surface area (Å²) in [6.45, 7) is 6.05. The monoisotopic (exact) mass is 310 g/mol. The molecule has 4 heteroatoms. The van der Waals surface area contributed by atoms with E-state index in [0.717, 1.165) is 20.7 Å². The van der Waals surface area contributed by atoms with E-state index < -0.39 is 0 Å². The molecule has 2 aromatic rings. The lowest BCUT2D eigenvalue weighted by molar-refractivity contribution is 0.551. The molecular formula is C13H15BrN2S. The van der Waals surface area contributed by atoms with Gasteiger partial charge in [-0.05, 0) is 32.9 Å². The molecule has 2 N–H and O–H groups in total. The molecule has 0 saturated heterocycles. The van der Waals surface area contributed by atoms with Gasteiger partial charge < -0.3 is 5.73 Å². The molecule has 2 rings (SSSR count). The van der Waals surface area contributed by atoms with Gasteiger partial charge in [-0.1, -0.05) is 28.1 Å². The summed E-state index contributed by atoms with van der Waals surface area (Å²) in [5.41, 5.74) is 7.88. The molecule has 0 radical (unpaired) electrons. The van der Waals surface area contributed by atoms with E-state index in [4.69, 9.17) is 5.73 Å². The molecule has 0 aliphatic rings. The maximum atomic E-state index is 6.08. The Morgan fingerprint density at radius 1 is 1.24 bits per heavy atom. The van der Waals surface area contributed by atoms with Gasteiger partial charge in [0.2, 0.25) is 0 Å². The highest BCUT2D eigenvalue weighted by molar-refractivity contribution is 9.10. The third kappa shape index (κ3) is 2.76. The molecule has 2 nitrogen and oxygen atoms in total. The lowest BCUT2D eigenvalue weighted by atomic mass is 10.1. The molecule has 0 aliphatic heterocycles. The van der Waals surface area contributed by atoms with Crippen LogP contribution in [0, 0.1) is 6.92 Å². The Kier molecular flexibility index (Phi) is 3.39. The Labute approximate surface area is 114 Å². The highest BCUT2D eigenvalue weighted by Gasteiger charge is 2.21. The van der Waals surface area contributed by atoms with Crippen molar-refractivity contribution in [1.82, 2.24) is 4.98 Å². The van der Waals surface area contributed by atoms with Gasteiger partial charge in [-0.2, -0.15) is 0 Å². The fraction of sp³-hybridized carbons (Fsp3) is 0.308. The van der Waals surface area contributed by atoms with E-state index in [9.17, 15) is 0 Å². The van der Waals surface area contributed by atoms with Crippen LogP contribution in [0.4, 0.5) is 0 Å². The van der Waals surface area contributed by atoms with Gasteiger partial charge in [-0.3, -0.25) is 0 Å². The predicted molar refractivity (Wildman–Crippen MR) is 77.2 cm³/mol. The molecule has 0 amide bonds. The number of nitrogens with two attached hydrogens (primary N) is 1. The zero-order valence-electron chi connectivity index (χ0n) is 10.1. The molecule has 1 aromatic heterocycles. The Morgan fingerprint density at radius 3 is 2.29 bits per heavy atom. The van der Waals surface area contributed by atoms with Gasteiger partial charge in [0.05, 0.1) is 11.2 Å². The van der Waals surface area contributed by atoms with Crippen molar-refractivity contribution < 1.29 is 0 Å². The summed E-state index contributed by atoms with van der Waals surface area (Å²) < 4.78 is 1.08. The Balaban J connectivity index is 2.46. The third-order valence-electron chi connectivity index (χ3n) is 2.47. The van der Waals surface area contributed by atoms with Gasteiger partial charge in [0.15, 0.2) is 0 Å². The van der Waals surface area contributed by atoms with Crippen molar-refractivity contribution in [3.63, 3.8) is 0 Å². The molecular weight excluding hydrogens is 296 g/mol. The number of aryl methyl sites for hydroxylation is 1. The van der Waals surface area contributed by atoms with Crippen LogP contribution in [0.3, 0.4) is 0 Å². The zero-order chi connectivity index (χ0) is 12.6. The van der Waals surface area contributed by atoms with Crippen molar-refractivity contribution in [1.29, 1.82) is 0 Å². The number of halogens is 1. The first-order valence-corrected chi connectivity index (χ1v) is 7.01. The van der Waals surface area contributed by atoms with Gasteiger partial charge in [-0.25, -0.2) is 4.98 Å². The molecule has 90 valence electrons. The summed E-state index contributed by atoms with van der Waals surface area (Å²) in [6, 6.07) is 8.20. The van der Waals surface area contributed by atoms with Crippen LogP contribution in [0.15, 0.2) is 28.7 Å². The van der Waals surface area contributed by atoms with Crippen molar-refractivity contribution in [2.24, 2.45) is 5.73 Å². The first-order chi connectivity index (χ1) is 7.88. The number of hydrogen-bond donors (Lipinski definition) is 1. The average Bonchev–Trinajstić information content (AvgIpc) is 2.61. The quantitative estimate of drug-likeness (QED) is 0.908. The Bertz CT molecular complexity index is 523. The van der Waals surface area contributed by atoms with Crippen molar-refractivity contribution in [2.45, 2.75) is 26.3 Å². The van der Waals surface area contributed by atoms with E-state index in [1.54, 1.807) is 11.3 Å². The zero-order valence-corrected chi connectivity index (χ0v) is 12.5. The van der Waals surface area contributed by atoms with Crippen LogP contribution in [-0.4, -0.2) is 4.98 Å². The first-order valence-electron chi connectivity index (χ1n) is 5.40. The van der Waals surface area contributed by atoms with Gasteiger partial charge >= 0.3 is 0 Å². The maximum absolute atomic E-state index is 6.08. The van der Waals surface area contributed by atoms with Crippen LogP contribution in [-0.2, 0) is 5.54 Å². The molecule has 0 spiro atoms. The molecule has 0 fully saturated rings. The van der Waals surface area contributed by atoms with Crippen LogP contribution < -0.4 is 5.73 Å². The SMILES string of the molecule is Cc1sc(C(C)(C)N)nc1-c1ccc(Br)cc1. The molecule has 0 aliphatic carbocycles. The highest BCUT2D eigenvalue weighted by atomic mass is 79.9. The van der Waals surface area contributed by atoms with Gasteiger partial charge in [-0.15, -0.1) is 11.3 Å². The number of hydrogen-bond acceptors (Lipinski definition) is 3. The lowest BCUT2D eigenvalue weighted by Gasteiger charge is -2.13. The summed E-state index contributed by atoms with van der Waals surface area (Å²) in [7, 11) is 0. The van der Waals surface area contributed by atoms with E-state index in [0.29, 0.717) is 0 Å². The summed E-state index contributed by atoms with van der Waals surface area (Å²) in [5, 5.41) is 0.980. The number of nitrogens with zero attached hydrogens (tertiary/aromatic N) is 1. The largest absolute Gasteiger partial charge is 0.320 e. The molecule has 17 heavy (non-hydrogen) atoms. The summed E-state index contributed by atoms with van der Waals surface area (Å²) in [5.74, 6) is 0. The smallest absolute Gasteiger partial charge is 0.113 e. The topological polar surface area (TPSA) is 38.9 Å². The van der Waals surface area contributed by atoms with E-state index in [1.807, 2.05) is 26.0 Å². The van der Waals surface area contributed by atoms with Gasteiger partial charge in [0, 0.05) is 14.9 Å². The highest BCUT2D eigenvalue weighted by Crippen LogP contribution is 2.32. The number of aromatic nitrogens is 1. The summed E-state index contributed by atoms with van der Waals surface area (Å²) in [6.07, 6.45) is 0. The van der Waals surface area contributed by atoms with Crippen molar-refractivity contribution in [3.05, 3.63) is 38.6 Å². The molecule has 1 aromatic carbocycles. The van der Waals surface area contributed by atoms with Crippen LogP contribution in [0.5, 0.6) is 0 Å². The fourth-order valence-electron chi connectivity index (χ4n) is 1.55. The number of thiazole rings is 1. The Morgan fingerprint density at radius 2 is 1.82 bits per heavy atom. The van der Waals surface area contributed by atoms with Gasteiger partial charge in [0.25, 0.3) is 0 Å². The minimum absolute atomic E-state index is 0.372. The summed E-state index contributed by atoms with van der Waals surface area (Å²) in [4.78, 5) is 5.87. The molecule has 1 heterocycles. The average molecular weight is 311 g/mol. The van der Waals surface area contributed by atoms with E-state index in [1.165, 1.54) is 4.88 Å². The van der Waals surface area contributed by atoms with Gasteiger partial charge in [0.1, 0.15) is 5.01 Å². The second-order valence-corrected chi connectivity index (χ2v) is 6.77. The standard InChI is InChI=1S/C13H15BrN2S/c1-8-11(9-4-6-10(14)7-5-9)16-12(17-8)13(2,3)15/h4-7H,15H2,1-3H3. The van der Waals surface area contributed by atoms with Crippen molar-refractivity contribution in [2.75, 3.05) is 0 Å². The molecule has 0 unspecified atom stereocenters. The lowest BCUT2D eigenvalue weighted by Crippen LogP contribution is -2.28. The number of rotatable bonds is 2. The van der Waals surface area contributed by atoms with Crippen molar-refractivity contribution in [3.8, 4) is 11.3 Å². The maximum Gasteiger partial charge on any atom is 0.113 e. The third-order valence-corrected chi connectivity index (χ3v) is 4.30. The van der Waals surface area contributed by atoms with Crippen molar-refractivity contribution >= 4 is 27.3 Å². The summed E-state index contributed by atoms with van der Waals surface area (Å²) >= 11 is 5.11. The molecule has 0 saturated carbocycles. The predicted octanol–water partition coefficient (Wildman–Crippen LogP) is 4.07. The second-order valence-electron chi connectivity index (χ2n) is 4.65. The molecule has 0 atom stereocenters. The van der Waals surface area contributed by atoms with Crippen LogP contribution in [0.2, 0.25) is 0 Å². The molecule has 0 bridgehead atoms. The minimum atomic E-state index is -0.372.